The fraction of sp³-hybridized carbons (Fsp3) is 0.533. The molecule has 0 atom stereocenters. The second-order valence-electron chi connectivity index (χ2n) is 4.89. The standard InChI is InChI=1S/C15H24N2O/c1-10-9-11(2)13(4)15(12(10)3)17-14(18)7-6-8-16-5/h9,16H,6-8H2,1-5H3,(H,17,18). The molecule has 0 heterocycles. The number of hydrogen-bond donors (Lipinski definition) is 2. The van der Waals surface area contributed by atoms with Gasteiger partial charge in [-0.2, -0.15) is 0 Å². The third-order valence-corrected chi connectivity index (χ3v) is 3.46. The molecule has 0 saturated carbocycles. The van der Waals surface area contributed by atoms with Gasteiger partial charge in [-0.1, -0.05) is 6.07 Å². The quantitative estimate of drug-likeness (QED) is 0.787. The summed E-state index contributed by atoms with van der Waals surface area (Å²) in [6.07, 6.45) is 1.43. The van der Waals surface area contributed by atoms with E-state index in [1.54, 1.807) is 0 Å². The molecule has 3 nitrogen and oxygen atoms in total. The van der Waals surface area contributed by atoms with Crippen LogP contribution in [0.15, 0.2) is 6.07 Å². The second-order valence-corrected chi connectivity index (χ2v) is 4.89. The van der Waals surface area contributed by atoms with Crippen LogP contribution in [-0.4, -0.2) is 19.5 Å². The van der Waals surface area contributed by atoms with E-state index in [2.05, 4.69) is 44.4 Å². The van der Waals surface area contributed by atoms with Crippen molar-refractivity contribution < 1.29 is 4.79 Å². The molecule has 0 aliphatic carbocycles. The molecule has 2 N–H and O–H groups in total. The van der Waals surface area contributed by atoms with Gasteiger partial charge >= 0.3 is 0 Å². The third-order valence-electron chi connectivity index (χ3n) is 3.46. The third kappa shape index (κ3) is 3.57. The molecule has 0 aromatic heterocycles. The number of aryl methyl sites for hydroxylation is 2. The first-order valence-electron chi connectivity index (χ1n) is 6.49. The number of hydrogen-bond acceptors (Lipinski definition) is 2. The molecule has 18 heavy (non-hydrogen) atoms. The fourth-order valence-electron chi connectivity index (χ4n) is 2.03. The number of carbonyl (C=O) groups excluding carboxylic acids is 1. The van der Waals surface area contributed by atoms with Crippen molar-refractivity contribution in [2.75, 3.05) is 18.9 Å². The van der Waals surface area contributed by atoms with Crippen molar-refractivity contribution in [1.82, 2.24) is 5.32 Å². The molecule has 1 rings (SSSR count). The summed E-state index contributed by atoms with van der Waals surface area (Å²) in [5.74, 6) is 0.0986. The average Bonchev–Trinajstić information content (AvgIpc) is 2.32. The van der Waals surface area contributed by atoms with Crippen molar-refractivity contribution in [1.29, 1.82) is 0 Å². The van der Waals surface area contributed by atoms with Gasteiger partial charge in [0.15, 0.2) is 0 Å². The van der Waals surface area contributed by atoms with E-state index in [1.807, 2.05) is 7.05 Å². The summed E-state index contributed by atoms with van der Waals surface area (Å²) in [7, 11) is 1.90. The summed E-state index contributed by atoms with van der Waals surface area (Å²) in [5, 5.41) is 6.10. The monoisotopic (exact) mass is 248 g/mol. The lowest BCUT2D eigenvalue weighted by Gasteiger charge is -2.16. The van der Waals surface area contributed by atoms with E-state index < -0.39 is 0 Å². The summed E-state index contributed by atoms with van der Waals surface area (Å²) in [6, 6.07) is 2.17. The fourth-order valence-corrected chi connectivity index (χ4v) is 2.03. The lowest BCUT2D eigenvalue weighted by atomic mass is 9.98. The van der Waals surface area contributed by atoms with E-state index in [9.17, 15) is 4.79 Å². The summed E-state index contributed by atoms with van der Waals surface area (Å²) < 4.78 is 0. The van der Waals surface area contributed by atoms with E-state index in [0.717, 1.165) is 18.7 Å². The molecule has 0 unspecified atom stereocenters. The van der Waals surface area contributed by atoms with E-state index in [1.165, 1.54) is 22.3 Å². The smallest absolute Gasteiger partial charge is 0.224 e. The van der Waals surface area contributed by atoms with Gasteiger partial charge in [0.1, 0.15) is 0 Å². The van der Waals surface area contributed by atoms with Crippen molar-refractivity contribution in [2.45, 2.75) is 40.5 Å². The maximum Gasteiger partial charge on any atom is 0.224 e. The highest BCUT2D eigenvalue weighted by Crippen LogP contribution is 2.26. The van der Waals surface area contributed by atoms with Crippen molar-refractivity contribution in [3.05, 3.63) is 28.3 Å². The maximum absolute atomic E-state index is 11.9. The van der Waals surface area contributed by atoms with E-state index in [4.69, 9.17) is 0 Å². The van der Waals surface area contributed by atoms with E-state index in [0.29, 0.717) is 6.42 Å². The van der Waals surface area contributed by atoms with Crippen LogP contribution in [0.3, 0.4) is 0 Å². The molecule has 1 aromatic carbocycles. The zero-order valence-corrected chi connectivity index (χ0v) is 12.1. The van der Waals surface area contributed by atoms with E-state index in [-0.39, 0.29) is 5.91 Å². The van der Waals surface area contributed by atoms with Gasteiger partial charge in [0, 0.05) is 12.1 Å². The number of rotatable bonds is 5. The summed E-state index contributed by atoms with van der Waals surface area (Å²) in [4.78, 5) is 11.9. The predicted molar refractivity (Wildman–Crippen MR) is 77.2 cm³/mol. The minimum Gasteiger partial charge on any atom is -0.326 e. The topological polar surface area (TPSA) is 41.1 Å². The van der Waals surface area contributed by atoms with Crippen LogP contribution in [0.1, 0.15) is 35.1 Å². The van der Waals surface area contributed by atoms with Crippen molar-refractivity contribution in [2.24, 2.45) is 0 Å². The average molecular weight is 248 g/mol. The molecule has 0 radical (unpaired) electrons. The Morgan fingerprint density at radius 2 is 1.67 bits per heavy atom. The van der Waals surface area contributed by atoms with Crippen LogP contribution < -0.4 is 10.6 Å². The maximum atomic E-state index is 11.9. The molecule has 0 fully saturated rings. The summed E-state index contributed by atoms with van der Waals surface area (Å²) in [6.45, 7) is 9.16. The summed E-state index contributed by atoms with van der Waals surface area (Å²) in [5.41, 5.74) is 5.77. The second kappa shape index (κ2) is 6.55. The minimum atomic E-state index is 0.0986. The Morgan fingerprint density at radius 1 is 1.11 bits per heavy atom. The molecule has 0 bridgehead atoms. The summed E-state index contributed by atoms with van der Waals surface area (Å²) >= 11 is 0. The largest absolute Gasteiger partial charge is 0.326 e. The number of anilines is 1. The molecule has 0 spiro atoms. The molecule has 3 heteroatoms. The first kappa shape index (κ1) is 14.7. The number of nitrogens with one attached hydrogen (secondary N) is 2. The van der Waals surface area contributed by atoms with Gasteiger partial charge in [0.25, 0.3) is 0 Å². The van der Waals surface area contributed by atoms with Gasteiger partial charge < -0.3 is 10.6 Å². The number of carbonyl (C=O) groups is 1. The minimum absolute atomic E-state index is 0.0986. The zero-order chi connectivity index (χ0) is 13.7. The van der Waals surface area contributed by atoms with Gasteiger partial charge in [0.05, 0.1) is 0 Å². The number of amides is 1. The van der Waals surface area contributed by atoms with Crippen LogP contribution in [0.25, 0.3) is 0 Å². The van der Waals surface area contributed by atoms with Crippen LogP contribution in [-0.2, 0) is 4.79 Å². The Hall–Kier alpha value is -1.35. The Kier molecular flexibility index (Phi) is 5.35. The van der Waals surface area contributed by atoms with Crippen molar-refractivity contribution in [3.63, 3.8) is 0 Å². The molecule has 1 aromatic rings. The van der Waals surface area contributed by atoms with Gasteiger partial charge in [-0.25, -0.2) is 0 Å². The van der Waals surface area contributed by atoms with Crippen molar-refractivity contribution in [3.8, 4) is 0 Å². The molecular weight excluding hydrogens is 224 g/mol. The lowest BCUT2D eigenvalue weighted by molar-refractivity contribution is -0.116. The molecule has 1 amide bonds. The first-order chi connectivity index (χ1) is 8.47. The molecule has 0 aliphatic heterocycles. The van der Waals surface area contributed by atoms with Crippen LogP contribution >= 0.6 is 0 Å². The van der Waals surface area contributed by atoms with E-state index >= 15 is 0 Å². The highest BCUT2D eigenvalue weighted by Gasteiger charge is 2.11. The molecular formula is C15H24N2O. The Morgan fingerprint density at radius 3 is 2.17 bits per heavy atom. The van der Waals surface area contributed by atoms with Gasteiger partial charge in [-0.05, 0) is 70.0 Å². The SMILES string of the molecule is CNCCCC(=O)Nc1c(C)c(C)cc(C)c1C. The molecule has 100 valence electrons. The van der Waals surface area contributed by atoms with Gasteiger partial charge in [-0.15, -0.1) is 0 Å². The molecule has 0 aliphatic rings. The number of benzene rings is 1. The zero-order valence-electron chi connectivity index (χ0n) is 12.1. The van der Waals surface area contributed by atoms with Crippen LogP contribution in [0.4, 0.5) is 5.69 Å². The van der Waals surface area contributed by atoms with Gasteiger partial charge in [-0.3, -0.25) is 4.79 Å². The van der Waals surface area contributed by atoms with Crippen LogP contribution in [0, 0.1) is 27.7 Å². The Balaban J connectivity index is 2.81. The highest BCUT2D eigenvalue weighted by atomic mass is 16.1. The van der Waals surface area contributed by atoms with Gasteiger partial charge in [0.2, 0.25) is 5.91 Å². The molecule has 0 saturated heterocycles. The lowest BCUT2D eigenvalue weighted by Crippen LogP contribution is -2.17. The first-order valence-corrected chi connectivity index (χ1v) is 6.49. The highest BCUT2D eigenvalue weighted by molar-refractivity contribution is 5.92. The Labute approximate surface area is 110 Å². The predicted octanol–water partition coefficient (Wildman–Crippen LogP) is 2.86. The van der Waals surface area contributed by atoms with Crippen LogP contribution in [0.5, 0.6) is 0 Å². The van der Waals surface area contributed by atoms with Crippen molar-refractivity contribution >= 4 is 11.6 Å². The van der Waals surface area contributed by atoms with Crippen LogP contribution in [0.2, 0.25) is 0 Å². The Bertz CT molecular complexity index is 412. The normalized spacial score (nSPS) is 10.5.